The monoisotopic (exact) mass is 236 g/mol. The Balaban J connectivity index is 2.16. The van der Waals surface area contributed by atoms with Crippen LogP contribution >= 0.6 is 0 Å². The molecular weight excluding hydrogens is 220 g/mol. The van der Waals surface area contributed by atoms with Crippen LogP contribution in [0, 0.1) is 0 Å². The van der Waals surface area contributed by atoms with Crippen LogP contribution in [0.4, 0.5) is 5.82 Å². The molecule has 0 radical (unpaired) electrons. The van der Waals surface area contributed by atoms with E-state index in [1.165, 1.54) is 12.3 Å². The van der Waals surface area contributed by atoms with E-state index < -0.39 is 5.97 Å². The van der Waals surface area contributed by atoms with Gasteiger partial charge >= 0.3 is 5.97 Å². The van der Waals surface area contributed by atoms with Crippen molar-refractivity contribution in [2.24, 2.45) is 0 Å². The summed E-state index contributed by atoms with van der Waals surface area (Å²) in [6.07, 6.45) is 2.70. The van der Waals surface area contributed by atoms with Crippen molar-refractivity contribution in [2.75, 3.05) is 24.6 Å². The lowest BCUT2D eigenvalue weighted by atomic mass is 10.2. The molecule has 2 heterocycles. The SMILES string of the molecule is CCC1CN(c2cc(C(=O)O)ccn2)CCO1. The Hall–Kier alpha value is -1.62. The summed E-state index contributed by atoms with van der Waals surface area (Å²) >= 11 is 0. The fourth-order valence-electron chi connectivity index (χ4n) is 1.90. The van der Waals surface area contributed by atoms with E-state index in [0.717, 1.165) is 19.5 Å². The van der Waals surface area contributed by atoms with Crippen LogP contribution in [0.5, 0.6) is 0 Å². The number of nitrogens with zero attached hydrogens (tertiary/aromatic N) is 2. The summed E-state index contributed by atoms with van der Waals surface area (Å²) in [7, 11) is 0. The number of aromatic nitrogens is 1. The lowest BCUT2D eigenvalue weighted by Crippen LogP contribution is -2.42. The van der Waals surface area contributed by atoms with Gasteiger partial charge in [0.05, 0.1) is 18.3 Å². The molecule has 2 rings (SSSR count). The first-order valence-electron chi connectivity index (χ1n) is 5.76. The zero-order valence-corrected chi connectivity index (χ0v) is 9.80. The first kappa shape index (κ1) is 11.9. The maximum atomic E-state index is 10.9. The lowest BCUT2D eigenvalue weighted by molar-refractivity contribution is 0.0381. The van der Waals surface area contributed by atoms with E-state index in [4.69, 9.17) is 9.84 Å². The van der Waals surface area contributed by atoms with E-state index in [0.29, 0.717) is 12.4 Å². The predicted octanol–water partition coefficient (Wildman–Crippen LogP) is 1.40. The molecule has 92 valence electrons. The van der Waals surface area contributed by atoms with Crippen LogP contribution in [0.2, 0.25) is 0 Å². The second-order valence-corrected chi connectivity index (χ2v) is 4.05. The number of morpholine rings is 1. The van der Waals surface area contributed by atoms with Crippen LogP contribution in [0.3, 0.4) is 0 Å². The van der Waals surface area contributed by atoms with Crippen LogP contribution in [0.1, 0.15) is 23.7 Å². The zero-order chi connectivity index (χ0) is 12.3. The number of ether oxygens (including phenoxy) is 1. The Morgan fingerprint density at radius 3 is 3.24 bits per heavy atom. The van der Waals surface area contributed by atoms with Gasteiger partial charge in [-0.3, -0.25) is 0 Å². The smallest absolute Gasteiger partial charge is 0.335 e. The average molecular weight is 236 g/mol. The number of anilines is 1. The summed E-state index contributed by atoms with van der Waals surface area (Å²) in [5.41, 5.74) is 0.273. The summed E-state index contributed by atoms with van der Waals surface area (Å²) in [6, 6.07) is 3.12. The van der Waals surface area contributed by atoms with E-state index in [1.54, 1.807) is 6.07 Å². The van der Waals surface area contributed by atoms with E-state index in [9.17, 15) is 4.79 Å². The standard InChI is InChI=1S/C12H16N2O3/c1-2-10-8-14(5-6-17-10)11-7-9(12(15)16)3-4-13-11/h3-4,7,10H,2,5-6,8H2,1H3,(H,15,16). The minimum Gasteiger partial charge on any atom is -0.478 e. The van der Waals surface area contributed by atoms with Gasteiger partial charge in [0.25, 0.3) is 0 Å². The number of carboxylic acid groups (broad SMARTS) is 1. The Morgan fingerprint density at radius 1 is 1.71 bits per heavy atom. The van der Waals surface area contributed by atoms with Crippen molar-refractivity contribution in [3.63, 3.8) is 0 Å². The number of rotatable bonds is 3. The van der Waals surface area contributed by atoms with E-state index in [2.05, 4.69) is 16.8 Å². The molecule has 0 aliphatic carbocycles. The largest absolute Gasteiger partial charge is 0.478 e. The fourth-order valence-corrected chi connectivity index (χ4v) is 1.90. The molecule has 1 aliphatic heterocycles. The highest BCUT2D eigenvalue weighted by Gasteiger charge is 2.20. The lowest BCUT2D eigenvalue weighted by Gasteiger charge is -2.33. The second-order valence-electron chi connectivity index (χ2n) is 4.05. The van der Waals surface area contributed by atoms with Gasteiger partial charge < -0.3 is 14.7 Å². The molecule has 0 aromatic carbocycles. The van der Waals surface area contributed by atoms with E-state index in [-0.39, 0.29) is 11.7 Å². The Kier molecular flexibility index (Phi) is 3.58. The summed E-state index contributed by atoms with van der Waals surface area (Å²) in [4.78, 5) is 17.2. The van der Waals surface area contributed by atoms with Gasteiger partial charge in [-0.2, -0.15) is 0 Å². The normalized spacial score (nSPS) is 20.3. The Morgan fingerprint density at radius 2 is 2.53 bits per heavy atom. The number of aromatic carboxylic acids is 1. The topological polar surface area (TPSA) is 62.7 Å². The molecule has 5 nitrogen and oxygen atoms in total. The number of carbonyl (C=O) groups is 1. The Bertz CT molecular complexity index is 408. The fraction of sp³-hybridized carbons (Fsp3) is 0.500. The molecule has 0 amide bonds. The number of hydrogen-bond acceptors (Lipinski definition) is 4. The van der Waals surface area contributed by atoms with Gasteiger partial charge in [-0.25, -0.2) is 9.78 Å². The van der Waals surface area contributed by atoms with Gasteiger partial charge in [0.2, 0.25) is 0 Å². The van der Waals surface area contributed by atoms with Crippen molar-refractivity contribution < 1.29 is 14.6 Å². The first-order chi connectivity index (χ1) is 8.20. The number of hydrogen-bond donors (Lipinski definition) is 1. The molecule has 0 spiro atoms. The van der Waals surface area contributed by atoms with Crippen molar-refractivity contribution >= 4 is 11.8 Å². The van der Waals surface area contributed by atoms with Crippen LogP contribution < -0.4 is 4.90 Å². The van der Waals surface area contributed by atoms with E-state index >= 15 is 0 Å². The molecular formula is C12H16N2O3. The molecule has 5 heteroatoms. The van der Waals surface area contributed by atoms with Crippen LogP contribution in [0.25, 0.3) is 0 Å². The third kappa shape index (κ3) is 2.74. The Labute approximate surface area is 100 Å². The summed E-state index contributed by atoms with van der Waals surface area (Å²) in [5, 5.41) is 8.93. The van der Waals surface area contributed by atoms with Gasteiger partial charge in [-0.15, -0.1) is 0 Å². The molecule has 0 bridgehead atoms. The molecule has 17 heavy (non-hydrogen) atoms. The van der Waals surface area contributed by atoms with Crippen molar-refractivity contribution in [3.8, 4) is 0 Å². The summed E-state index contributed by atoms with van der Waals surface area (Å²) < 4.78 is 5.57. The van der Waals surface area contributed by atoms with Crippen molar-refractivity contribution in [1.82, 2.24) is 4.98 Å². The van der Waals surface area contributed by atoms with Gasteiger partial charge in [0.15, 0.2) is 0 Å². The molecule has 1 aromatic rings. The third-order valence-electron chi connectivity index (χ3n) is 2.91. The minimum atomic E-state index is -0.922. The van der Waals surface area contributed by atoms with Crippen LogP contribution in [0.15, 0.2) is 18.3 Å². The van der Waals surface area contributed by atoms with Crippen molar-refractivity contribution in [1.29, 1.82) is 0 Å². The first-order valence-corrected chi connectivity index (χ1v) is 5.76. The van der Waals surface area contributed by atoms with Crippen molar-refractivity contribution in [2.45, 2.75) is 19.4 Å². The van der Waals surface area contributed by atoms with Gasteiger partial charge in [-0.05, 0) is 18.6 Å². The number of carboxylic acids is 1. The molecule has 1 fully saturated rings. The molecule has 1 aromatic heterocycles. The second kappa shape index (κ2) is 5.14. The predicted molar refractivity (Wildman–Crippen MR) is 63.4 cm³/mol. The maximum Gasteiger partial charge on any atom is 0.335 e. The quantitative estimate of drug-likeness (QED) is 0.859. The highest BCUT2D eigenvalue weighted by Crippen LogP contribution is 2.17. The third-order valence-corrected chi connectivity index (χ3v) is 2.91. The summed E-state index contributed by atoms with van der Waals surface area (Å²) in [5.74, 6) is -0.208. The molecule has 1 atom stereocenters. The van der Waals surface area contributed by atoms with Gasteiger partial charge in [0.1, 0.15) is 5.82 Å². The zero-order valence-electron chi connectivity index (χ0n) is 9.80. The molecule has 1 unspecified atom stereocenters. The minimum absolute atomic E-state index is 0.207. The molecule has 1 N–H and O–H groups in total. The summed E-state index contributed by atoms with van der Waals surface area (Å²) in [6.45, 7) is 4.27. The highest BCUT2D eigenvalue weighted by molar-refractivity contribution is 5.88. The van der Waals surface area contributed by atoms with Crippen LogP contribution in [-0.2, 0) is 4.74 Å². The molecule has 1 saturated heterocycles. The molecule has 1 aliphatic rings. The maximum absolute atomic E-state index is 10.9. The van der Waals surface area contributed by atoms with Crippen LogP contribution in [-0.4, -0.2) is 41.9 Å². The van der Waals surface area contributed by atoms with Gasteiger partial charge in [-0.1, -0.05) is 6.92 Å². The van der Waals surface area contributed by atoms with Crippen molar-refractivity contribution in [3.05, 3.63) is 23.9 Å². The van der Waals surface area contributed by atoms with E-state index in [1.807, 2.05) is 0 Å². The average Bonchev–Trinajstić information content (AvgIpc) is 2.39. The highest BCUT2D eigenvalue weighted by atomic mass is 16.5. The molecule has 0 saturated carbocycles. The number of pyridine rings is 1. The van der Waals surface area contributed by atoms with Gasteiger partial charge in [0, 0.05) is 19.3 Å².